The summed E-state index contributed by atoms with van der Waals surface area (Å²) in [4.78, 5) is 11.1. The zero-order chi connectivity index (χ0) is 12.3. The van der Waals surface area contributed by atoms with Gasteiger partial charge in [0, 0.05) is 12.1 Å². The second-order valence-corrected chi connectivity index (χ2v) is 3.95. The van der Waals surface area contributed by atoms with E-state index >= 15 is 0 Å². The molecule has 88 valence electrons. The molecule has 0 aliphatic carbocycles. The molecule has 0 saturated heterocycles. The molecule has 0 radical (unpaired) electrons. The Morgan fingerprint density at radius 1 is 1.50 bits per heavy atom. The van der Waals surface area contributed by atoms with Gasteiger partial charge in [-0.05, 0) is 24.6 Å². The number of hydrogen-bond acceptors (Lipinski definition) is 4. The van der Waals surface area contributed by atoms with Crippen LogP contribution in [0.5, 0.6) is 0 Å². The normalized spacial score (nSPS) is 14.6. The molecule has 1 aromatic rings. The second-order valence-electron chi connectivity index (χ2n) is 3.54. The van der Waals surface area contributed by atoms with Crippen molar-refractivity contribution >= 4 is 17.4 Å². The fraction of sp³-hybridized carbons (Fsp3) is 0.364. The van der Waals surface area contributed by atoms with Crippen LogP contribution in [0.25, 0.3) is 0 Å². The van der Waals surface area contributed by atoms with Crippen LogP contribution < -0.4 is 5.73 Å². The van der Waals surface area contributed by atoms with E-state index in [4.69, 9.17) is 17.3 Å². The Bertz CT molecular complexity index is 395. The maximum absolute atomic E-state index is 11.1. The minimum Gasteiger partial charge on any atom is -0.389 e. The number of carbonyl (C=O) groups is 1. The van der Waals surface area contributed by atoms with E-state index in [1.807, 2.05) is 0 Å². The third-order valence-corrected chi connectivity index (χ3v) is 2.63. The summed E-state index contributed by atoms with van der Waals surface area (Å²) in [5, 5.41) is 19.3. The summed E-state index contributed by atoms with van der Waals surface area (Å²) < 4.78 is 0. The maximum Gasteiger partial charge on any atom is 0.161 e. The van der Waals surface area contributed by atoms with E-state index in [9.17, 15) is 15.0 Å². The highest BCUT2D eigenvalue weighted by molar-refractivity contribution is 6.33. The molecule has 2 atom stereocenters. The van der Waals surface area contributed by atoms with Gasteiger partial charge >= 0.3 is 0 Å². The van der Waals surface area contributed by atoms with Crippen molar-refractivity contribution in [1.82, 2.24) is 0 Å². The third kappa shape index (κ3) is 2.80. The van der Waals surface area contributed by atoms with E-state index in [1.54, 1.807) is 6.07 Å². The number of rotatable bonds is 4. The van der Waals surface area contributed by atoms with Crippen molar-refractivity contribution in [3.8, 4) is 0 Å². The van der Waals surface area contributed by atoms with Gasteiger partial charge in [0.1, 0.15) is 6.10 Å². The molecule has 0 heterocycles. The van der Waals surface area contributed by atoms with Crippen LogP contribution in [0.2, 0.25) is 5.02 Å². The van der Waals surface area contributed by atoms with Crippen LogP contribution >= 0.6 is 11.6 Å². The first-order valence-electron chi connectivity index (χ1n) is 4.84. The van der Waals surface area contributed by atoms with Crippen LogP contribution in [0.15, 0.2) is 18.2 Å². The van der Waals surface area contributed by atoms with Gasteiger partial charge in [0.2, 0.25) is 0 Å². The number of hydrogen-bond donors (Lipinski definition) is 3. The van der Waals surface area contributed by atoms with Crippen LogP contribution in [0.4, 0.5) is 0 Å². The summed E-state index contributed by atoms with van der Waals surface area (Å²) in [6, 6.07) is 4.53. The van der Waals surface area contributed by atoms with Gasteiger partial charge in [-0.25, -0.2) is 0 Å². The highest BCUT2D eigenvalue weighted by Gasteiger charge is 2.18. The number of Topliss-reactive ketones (excluding diaryl/α,β-unsaturated/α-hetero) is 1. The Kier molecular flexibility index (Phi) is 4.44. The minimum atomic E-state index is -1.09. The summed E-state index contributed by atoms with van der Waals surface area (Å²) in [5.41, 5.74) is 6.06. The lowest BCUT2D eigenvalue weighted by Crippen LogP contribution is -2.27. The molecule has 16 heavy (non-hydrogen) atoms. The minimum absolute atomic E-state index is 0.0484. The number of aliphatic hydroxyl groups is 2. The average molecular weight is 244 g/mol. The lowest BCUT2D eigenvalue weighted by Gasteiger charge is -2.17. The van der Waals surface area contributed by atoms with Gasteiger partial charge in [0.05, 0.1) is 11.1 Å². The summed E-state index contributed by atoms with van der Waals surface area (Å²) in [6.45, 7) is 1.36. The molecular formula is C11H14ClNO3. The summed E-state index contributed by atoms with van der Waals surface area (Å²) in [5.74, 6) is -0.148. The zero-order valence-electron chi connectivity index (χ0n) is 8.85. The first-order chi connectivity index (χ1) is 7.47. The molecule has 5 heteroatoms. The summed E-state index contributed by atoms with van der Waals surface area (Å²) in [7, 11) is 0. The predicted molar refractivity (Wildman–Crippen MR) is 61.5 cm³/mol. The molecule has 0 aliphatic heterocycles. The standard InChI is InChI=1S/C11H14ClNO3/c1-6(14)8-3-2-7(4-9(8)12)11(16)10(15)5-13/h2-4,10-11,15-16H,5,13H2,1H3. The van der Waals surface area contributed by atoms with Crippen LogP contribution in [0.3, 0.4) is 0 Å². The number of halogens is 1. The van der Waals surface area contributed by atoms with Crippen molar-refractivity contribution in [2.45, 2.75) is 19.1 Å². The van der Waals surface area contributed by atoms with Gasteiger partial charge in [-0.1, -0.05) is 17.7 Å². The molecule has 0 aromatic heterocycles. The van der Waals surface area contributed by atoms with Crippen molar-refractivity contribution in [1.29, 1.82) is 0 Å². The van der Waals surface area contributed by atoms with Crippen molar-refractivity contribution < 1.29 is 15.0 Å². The lowest BCUT2D eigenvalue weighted by molar-refractivity contribution is 0.0243. The number of carbonyl (C=O) groups excluding carboxylic acids is 1. The van der Waals surface area contributed by atoms with E-state index in [0.29, 0.717) is 11.1 Å². The Morgan fingerprint density at radius 3 is 2.56 bits per heavy atom. The average Bonchev–Trinajstić information content (AvgIpc) is 2.26. The largest absolute Gasteiger partial charge is 0.389 e. The smallest absolute Gasteiger partial charge is 0.161 e. The van der Waals surface area contributed by atoms with E-state index in [1.165, 1.54) is 19.1 Å². The van der Waals surface area contributed by atoms with E-state index < -0.39 is 12.2 Å². The molecule has 0 aliphatic rings. The maximum atomic E-state index is 11.1. The highest BCUT2D eigenvalue weighted by Crippen LogP contribution is 2.24. The Balaban J connectivity index is 3.01. The molecular weight excluding hydrogens is 230 g/mol. The molecule has 1 rings (SSSR count). The van der Waals surface area contributed by atoms with Gasteiger partial charge in [0.25, 0.3) is 0 Å². The highest BCUT2D eigenvalue weighted by atomic mass is 35.5. The summed E-state index contributed by atoms with van der Waals surface area (Å²) >= 11 is 5.87. The van der Waals surface area contributed by atoms with Crippen LogP contribution in [-0.4, -0.2) is 28.6 Å². The number of aliphatic hydroxyl groups excluding tert-OH is 2. The Morgan fingerprint density at radius 2 is 2.12 bits per heavy atom. The number of benzene rings is 1. The Labute approximate surface area is 98.6 Å². The molecule has 0 fully saturated rings. The van der Waals surface area contributed by atoms with Crippen molar-refractivity contribution in [3.63, 3.8) is 0 Å². The van der Waals surface area contributed by atoms with Crippen LogP contribution in [0, 0.1) is 0 Å². The zero-order valence-corrected chi connectivity index (χ0v) is 9.61. The predicted octanol–water partition coefficient (Wildman–Crippen LogP) is 0.896. The van der Waals surface area contributed by atoms with Crippen molar-refractivity contribution in [2.24, 2.45) is 5.73 Å². The van der Waals surface area contributed by atoms with Gasteiger partial charge < -0.3 is 15.9 Å². The molecule has 0 amide bonds. The lowest BCUT2D eigenvalue weighted by atomic mass is 10.0. The third-order valence-electron chi connectivity index (χ3n) is 2.32. The van der Waals surface area contributed by atoms with Crippen molar-refractivity contribution in [2.75, 3.05) is 6.54 Å². The SMILES string of the molecule is CC(=O)c1ccc(C(O)C(O)CN)cc1Cl. The number of nitrogens with two attached hydrogens (primary N) is 1. The molecule has 0 bridgehead atoms. The van der Waals surface area contributed by atoms with E-state index in [-0.39, 0.29) is 17.4 Å². The topological polar surface area (TPSA) is 83.5 Å². The van der Waals surface area contributed by atoms with E-state index in [0.717, 1.165) is 0 Å². The molecule has 0 saturated carbocycles. The molecule has 0 spiro atoms. The van der Waals surface area contributed by atoms with Crippen LogP contribution in [-0.2, 0) is 0 Å². The fourth-order valence-corrected chi connectivity index (χ4v) is 1.67. The molecule has 4 N–H and O–H groups in total. The number of ketones is 1. The second kappa shape index (κ2) is 5.41. The fourth-order valence-electron chi connectivity index (χ4n) is 1.35. The Hall–Kier alpha value is -0.940. The monoisotopic (exact) mass is 243 g/mol. The molecule has 2 unspecified atom stereocenters. The quantitative estimate of drug-likeness (QED) is 0.686. The molecule has 4 nitrogen and oxygen atoms in total. The van der Waals surface area contributed by atoms with Gasteiger partial charge in [-0.2, -0.15) is 0 Å². The van der Waals surface area contributed by atoms with Gasteiger partial charge in [-0.15, -0.1) is 0 Å². The first kappa shape index (κ1) is 13.1. The van der Waals surface area contributed by atoms with E-state index in [2.05, 4.69) is 0 Å². The van der Waals surface area contributed by atoms with Crippen molar-refractivity contribution in [3.05, 3.63) is 34.3 Å². The molecule has 1 aromatic carbocycles. The van der Waals surface area contributed by atoms with Crippen LogP contribution in [0.1, 0.15) is 28.9 Å². The summed E-state index contributed by atoms with van der Waals surface area (Å²) in [6.07, 6.45) is -2.14. The first-order valence-corrected chi connectivity index (χ1v) is 5.21. The van der Waals surface area contributed by atoms with Gasteiger partial charge in [0.15, 0.2) is 5.78 Å². The van der Waals surface area contributed by atoms with Gasteiger partial charge in [-0.3, -0.25) is 4.79 Å².